The highest BCUT2D eigenvalue weighted by molar-refractivity contribution is 6.99. The summed E-state index contributed by atoms with van der Waals surface area (Å²) >= 11 is 0. The van der Waals surface area contributed by atoms with Crippen molar-refractivity contribution in [2.75, 3.05) is 13.8 Å². The third-order valence-electron chi connectivity index (χ3n) is 6.87. The van der Waals surface area contributed by atoms with Gasteiger partial charge in [-0.25, -0.2) is 9.18 Å². The Morgan fingerprint density at radius 3 is 2.05 bits per heavy atom. The third kappa shape index (κ3) is 5.38. The highest BCUT2D eigenvalue weighted by atomic mass is 28.4. The van der Waals surface area contributed by atoms with Crippen LogP contribution < -0.4 is 10.4 Å². The van der Waals surface area contributed by atoms with Gasteiger partial charge in [0, 0.05) is 11.9 Å². The molecule has 1 heterocycles. The van der Waals surface area contributed by atoms with Gasteiger partial charge in [0.05, 0.1) is 18.7 Å². The lowest BCUT2D eigenvalue weighted by atomic mass is 10.2. The van der Waals surface area contributed by atoms with Gasteiger partial charge in [-0.2, -0.15) is 5.10 Å². The van der Waals surface area contributed by atoms with Crippen molar-refractivity contribution in [1.82, 2.24) is 9.78 Å². The van der Waals surface area contributed by atoms with Gasteiger partial charge < -0.3 is 9.16 Å². The van der Waals surface area contributed by atoms with Crippen LogP contribution in [0.4, 0.5) is 4.39 Å². The lowest BCUT2D eigenvalue weighted by molar-refractivity contribution is 0.0595. The molecule has 0 spiro atoms. The average molecular weight is 519 g/mol. The molecule has 0 aliphatic rings. The summed E-state index contributed by atoms with van der Waals surface area (Å²) in [7, 11) is -1.49. The smallest absolute Gasteiger partial charge is 0.359 e. The number of carbonyl (C=O) groups is 1. The summed E-state index contributed by atoms with van der Waals surface area (Å²) in [6.45, 7) is 6.55. The average Bonchev–Trinajstić information content (AvgIpc) is 3.29. The first kappa shape index (κ1) is 26.8. The Bertz CT molecular complexity index is 1280. The van der Waals surface area contributed by atoms with E-state index < -0.39 is 27.1 Å². The van der Waals surface area contributed by atoms with Crippen molar-refractivity contribution in [1.29, 1.82) is 0 Å². The summed E-state index contributed by atoms with van der Waals surface area (Å²) in [5.41, 5.74) is 1.15. The number of hydrogen-bond acceptors (Lipinski definition) is 4. The lowest BCUT2D eigenvalue weighted by Crippen LogP contribution is -2.67. The molecule has 0 N–H and O–H groups in total. The molecule has 1 unspecified atom stereocenters. The molecule has 0 aliphatic heterocycles. The number of methoxy groups -OCH3 is 1. The van der Waals surface area contributed by atoms with E-state index in [0.717, 1.165) is 21.3 Å². The minimum absolute atomic E-state index is 0.225. The number of ether oxygens (including phenoxy) is 1. The Balaban J connectivity index is 1.61. The fraction of sp³-hybridized carbons (Fsp3) is 0.333. The number of aromatic nitrogens is 2. The van der Waals surface area contributed by atoms with Gasteiger partial charge in [-0.15, -0.1) is 0 Å². The molecule has 7 heteroatoms. The van der Waals surface area contributed by atoms with E-state index in [1.54, 1.807) is 4.68 Å². The van der Waals surface area contributed by atoms with Gasteiger partial charge in [0.25, 0.3) is 8.32 Å². The summed E-state index contributed by atoms with van der Waals surface area (Å²) in [6.07, 6.45) is 0.621. The van der Waals surface area contributed by atoms with E-state index in [4.69, 9.17) is 9.16 Å². The van der Waals surface area contributed by atoms with Crippen LogP contribution in [0.15, 0.2) is 84.9 Å². The van der Waals surface area contributed by atoms with Crippen molar-refractivity contribution < 1.29 is 18.3 Å². The molecule has 5 nitrogen and oxygen atoms in total. The number of hydrogen-bond donors (Lipinski definition) is 0. The highest BCUT2D eigenvalue weighted by Crippen LogP contribution is 2.38. The first-order chi connectivity index (χ1) is 17.8. The van der Waals surface area contributed by atoms with Crippen molar-refractivity contribution >= 4 is 35.6 Å². The van der Waals surface area contributed by atoms with Crippen LogP contribution in [-0.4, -0.2) is 44.0 Å². The molecular weight excluding hydrogens is 483 g/mol. The van der Waals surface area contributed by atoms with E-state index in [9.17, 15) is 9.18 Å². The first-order valence-electron chi connectivity index (χ1n) is 12.7. The number of fused-ring (bicyclic) bond motifs is 1. The van der Waals surface area contributed by atoms with Gasteiger partial charge >= 0.3 is 5.97 Å². The van der Waals surface area contributed by atoms with Crippen LogP contribution in [-0.2, 0) is 15.7 Å². The molecule has 1 atom stereocenters. The maximum atomic E-state index is 14.6. The number of rotatable bonds is 10. The van der Waals surface area contributed by atoms with Gasteiger partial charge in [0.15, 0.2) is 5.69 Å². The molecule has 4 rings (SSSR count). The molecule has 4 aromatic rings. The minimum atomic E-state index is -2.85. The predicted octanol–water partition coefficient (Wildman–Crippen LogP) is 5.52. The van der Waals surface area contributed by atoms with Gasteiger partial charge in [0.1, 0.15) is 6.67 Å². The molecule has 0 bridgehead atoms. The lowest BCUT2D eigenvalue weighted by Gasteiger charge is -2.44. The Kier molecular flexibility index (Phi) is 8.24. The topological polar surface area (TPSA) is 53.3 Å². The summed E-state index contributed by atoms with van der Waals surface area (Å²) in [6, 6.07) is 28.2. The number of alkyl halides is 1. The van der Waals surface area contributed by atoms with Crippen molar-refractivity contribution in [3.8, 4) is 0 Å². The molecule has 194 valence electrons. The fourth-order valence-corrected chi connectivity index (χ4v) is 9.82. The number of benzene rings is 3. The number of carbonyl (C=O) groups excluding carboxylic acids is 1. The maximum absolute atomic E-state index is 14.6. The molecule has 0 fully saturated rings. The standard InChI is InChI=1S/C30H35FN2O3Si/c1-30(2,3)37(24-15-7-5-8-16-24,25-17-9-6-10-18-25)36-23(22-31)14-13-21-33-27-20-12-11-19-26(27)28(32-33)29(34)35-4/h5-12,15-20,23H,13-14,21-22H2,1-4H3. The normalized spacial score (nSPS) is 13.0. The second-order valence-corrected chi connectivity index (χ2v) is 14.5. The summed E-state index contributed by atoms with van der Waals surface area (Å²) in [4.78, 5) is 12.2. The summed E-state index contributed by atoms with van der Waals surface area (Å²) < 4.78 is 28.2. The molecule has 37 heavy (non-hydrogen) atoms. The molecule has 0 amide bonds. The van der Waals surface area contributed by atoms with Crippen LogP contribution in [0, 0.1) is 0 Å². The number of esters is 1. The third-order valence-corrected chi connectivity index (χ3v) is 12.0. The van der Waals surface area contributed by atoms with E-state index in [1.165, 1.54) is 7.11 Å². The Hall–Kier alpha value is -3.29. The SMILES string of the molecule is COC(=O)c1nn(CCCC(CF)O[Si](c2ccccc2)(c2ccccc2)C(C)(C)C)c2ccccc12. The minimum Gasteiger partial charge on any atom is -0.464 e. The molecular formula is C30H35FN2O3Si. The maximum Gasteiger partial charge on any atom is 0.359 e. The summed E-state index contributed by atoms with van der Waals surface area (Å²) in [5.74, 6) is -0.466. The number of nitrogens with zero attached hydrogens (tertiary/aromatic N) is 2. The van der Waals surface area contributed by atoms with Gasteiger partial charge in [-0.05, 0) is 34.3 Å². The zero-order valence-electron chi connectivity index (χ0n) is 22.0. The Morgan fingerprint density at radius 1 is 0.946 bits per heavy atom. The quantitative estimate of drug-likeness (QED) is 0.205. The second-order valence-electron chi connectivity index (χ2n) is 10.3. The molecule has 1 aromatic heterocycles. The van der Waals surface area contributed by atoms with E-state index in [-0.39, 0.29) is 5.04 Å². The van der Waals surface area contributed by atoms with E-state index >= 15 is 0 Å². The number of halogens is 1. The van der Waals surface area contributed by atoms with Crippen LogP contribution in [0.2, 0.25) is 5.04 Å². The van der Waals surface area contributed by atoms with Gasteiger partial charge in [0.2, 0.25) is 0 Å². The van der Waals surface area contributed by atoms with Crippen LogP contribution in [0.5, 0.6) is 0 Å². The summed E-state index contributed by atoms with van der Waals surface area (Å²) in [5, 5.41) is 7.30. The van der Waals surface area contributed by atoms with Crippen molar-refractivity contribution in [3.63, 3.8) is 0 Å². The molecule has 0 saturated heterocycles. The second kappa shape index (κ2) is 11.4. The van der Waals surface area contributed by atoms with E-state index in [0.29, 0.717) is 25.1 Å². The van der Waals surface area contributed by atoms with Crippen molar-refractivity contribution in [2.24, 2.45) is 0 Å². The molecule has 3 aromatic carbocycles. The number of aryl methyl sites for hydroxylation is 1. The van der Waals surface area contributed by atoms with Crippen LogP contribution >= 0.6 is 0 Å². The fourth-order valence-electron chi connectivity index (χ4n) is 5.12. The number of para-hydroxylation sites is 1. The Labute approximate surface area is 219 Å². The molecule has 0 radical (unpaired) electrons. The van der Waals surface area contributed by atoms with Gasteiger partial charge in [-0.1, -0.05) is 99.6 Å². The monoisotopic (exact) mass is 518 g/mol. The van der Waals surface area contributed by atoms with Crippen molar-refractivity contribution in [3.05, 3.63) is 90.6 Å². The Morgan fingerprint density at radius 2 is 1.51 bits per heavy atom. The van der Waals surface area contributed by atoms with Crippen LogP contribution in [0.3, 0.4) is 0 Å². The van der Waals surface area contributed by atoms with Crippen LogP contribution in [0.25, 0.3) is 10.9 Å². The van der Waals surface area contributed by atoms with Gasteiger partial charge in [-0.3, -0.25) is 4.68 Å². The zero-order chi connectivity index (χ0) is 26.5. The van der Waals surface area contributed by atoms with E-state index in [1.807, 2.05) is 60.7 Å². The molecule has 0 saturated carbocycles. The van der Waals surface area contributed by atoms with Crippen molar-refractivity contribution in [2.45, 2.75) is 51.3 Å². The molecule has 0 aliphatic carbocycles. The largest absolute Gasteiger partial charge is 0.464 e. The van der Waals surface area contributed by atoms with E-state index in [2.05, 4.69) is 50.1 Å². The first-order valence-corrected chi connectivity index (χ1v) is 14.6. The highest BCUT2D eigenvalue weighted by Gasteiger charge is 2.51. The predicted molar refractivity (Wildman–Crippen MR) is 149 cm³/mol. The van der Waals surface area contributed by atoms with Crippen LogP contribution in [0.1, 0.15) is 44.1 Å². The zero-order valence-corrected chi connectivity index (χ0v) is 23.0.